The molecule has 2 atom stereocenters. The smallest absolute Gasteiger partial charge is 0.252 e. The highest BCUT2D eigenvalue weighted by Crippen LogP contribution is 2.32. The van der Waals surface area contributed by atoms with Gasteiger partial charge in [0.15, 0.2) is 0 Å². The van der Waals surface area contributed by atoms with Crippen LogP contribution in [0.4, 0.5) is 0 Å². The minimum absolute atomic E-state index is 0.0301. The van der Waals surface area contributed by atoms with Crippen LogP contribution in [0.3, 0.4) is 0 Å². The van der Waals surface area contributed by atoms with Crippen molar-refractivity contribution in [2.24, 2.45) is 5.92 Å². The third kappa shape index (κ3) is 3.50. The van der Waals surface area contributed by atoms with Gasteiger partial charge >= 0.3 is 0 Å². The number of fused-ring (bicyclic) bond motifs is 1. The summed E-state index contributed by atoms with van der Waals surface area (Å²) >= 11 is 0. The van der Waals surface area contributed by atoms with Gasteiger partial charge in [0.25, 0.3) is 5.56 Å². The van der Waals surface area contributed by atoms with Crippen molar-refractivity contribution in [2.45, 2.75) is 25.5 Å². The van der Waals surface area contributed by atoms with Crippen molar-refractivity contribution in [3.63, 3.8) is 0 Å². The molecule has 0 aliphatic carbocycles. The Morgan fingerprint density at radius 2 is 2.24 bits per heavy atom. The Morgan fingerprint density at radius 1 is 1.32 bits per heavy atom. The SMILES string of the molecule is O=c1[nH]c2ccccc2cc1CNC[C@@H]1CCCO[C@H]1c1cn[nH]c1. The summed E-state index contributed by atoms with van der Waals surface area (Å²) in [4.78, 5) is 15.2. The van der Waals surface area contributed by atoms with Gasteiger partial charge in [-0.1, -0.05) is 18.2 Å². The number of benzene rings is 1. The zero-order valence-electron chi connectivity index (χ0n) is 14.0. The number of hydrogen-bond donors (Lipinski definition) is 3. The molecule has 1 aliphatic heterocycles. The maximum atomic E-state index is 12.2. The largest absolute Gasteiger partial charge is 0.373 e. The van der Waals surface area contributed by atoms with E-state index >= 15 is 0 Å². The molecule has 0 amide bonds. The van der Waals surface area contributed by atoms with E-state index in [2.05, 4.69) is 20.5 Å². The van der Waals surface area contributed by atoms with E-state index in [1.54, 1.807) is 0 Å². The second kappa shape index (κ2) is 7.21. The molecular formula is C19H22N4O2. The molecule has 0 spiro atoms. The van der Waals surface area contributed by atoms with Crippen molar-refractivity contribution in [1.29, 1.82) is 0 Å². The number of ether oxygens (including phenoxy) is 1. The molecular weight excluding hydrogens is 316 g/mol. The Hall–Kier alpha value is -2.44. The minimum atomic E-state index is -0.0301. The lowest BCUT2D eigenvalue weighted by Crippen LogP contribution is -2.32. The van der Waals surface area contributed by atoms with E-state index in [0.29, 0.717) is 12.5 Å². The zero-order valence-corrected chi connectivity index (χ0v) is 14.0. The van der Waals surface area contributed by atoms with Crippen LogP contribution in [0, 0.1) is 5.92 Å². The summed E-state index contributed by atoms with van der Waals surface area (Å²) in [6, 6.07) is 9.80. The molecule has 2 aromatic heterocycles. The Morgan fingerprint density at radius 3 is 3.12 bits per heavy atom. The van der Waals surface area contributed by atoms with Gasteiger partial charge < -0.3 is 15.0 Å². The molecule has 1 aliphatic rings. The maximum Gasteiger partial charge on any atom is 0.252 e. The molecule has 6 nitrogen and oxygen atoms in total. The van der Waals surface area contributed by atoms with Crippen LogP contribution in [0.15, 0.2) is 47.5 Å². The van der Waals surface area contributed by atoms with Gasteiger partial charge in [-0.2, -0.15) is 5.10 Å². The average molecular weight is 338 g/mol. The summed E-state index contributed by atoms with van der Waals surface area (Å²) in [5.41, 5.74) is 2.69. The predicted octanol–water partition coefficient (Wildman–Crippen LogP) is 2.51. The van der Waals surface area contributed by atoms with E-state index in [4.69, 9.17) is 4.74 Å². The first kappa shape index (κ1) is 16.1. The van der Waals surface area contributed by atoms with Crippen molar-refractivity contribution < 1.29 is 4.74 Å². The average Bonchev–Trinajstić information content (AvgIpc) is 3.17. The van der Waals surface area contributed by atoms with Gasteiger partial charge in [-0.05, 0) is 30.4 Å². The molecule has 1 saturated heterocycles. The molecule has 130 valence electrons. The van der Waals surface area contributed by atoms with Crippen LogP contribution in [0.1, 0.15) is 30.1 Å². The number of aromatic nitrogens is 3. The maximum absolute atomic E-state index is 12.2. The molecule has 4 rings (SSSR count). The van der Waals surface area contributed by atoms with Crippen LogP contribution in [0.5, 0.6) is 0 Å². The Bertz CT molecular complexity index is 888. The van der Waals surface area contributed by atoms with Crippen molar-refractivity contribution >= 4 is 10.9 Å². The molecule has 25 heavy (non-hydrogen) atoms. The van der Waals surface area contributed by atoms with Crippen LogP contribution in [-0.4, -0.2) is 28.3 Å². The second-order valence-corrected chi connectivity index (χ2v) is 6.57. The number of para-hydroxylation sites is 1. The first-order valence-electron chi connectivity index (χ1n) is 8.73. The van der Waals surface area contributed by atoms with Crippen LogP contribution in [0.2, 0.25) is 0 Å². The van der Waals surface area contributed by atoms with E-state index in [9.17, 15) is 4.79 Å². The molecule has 0 bridgehead atoms. The summed E-state index contributed by atoms with van der Waals surface area (Å²) in [5.74, 6) is 0.380. The van der Waals surface area contributed by atoms with Crippen molar-refractivity contribution in [1.82, 2.24) is 20.5 Å². The molecule has 1 fully saturated rings. The highest BCUT2D eigenvalue weighted by Gasteiger charge is 2.27. The van der Waals surface area contributed by atoms with Gasteiger partial charge in [0.05, 0.1) is 12.3 Å². The lowest BCUT2D eigenvalue weighted by atomic mass is 9.91. The highest BCUT2D eigenvalue weighted by molar-refractivity contribution is 5.78. The molecule has 0 radical (unpaired) electrons. The van der Waals surface area contributed by atoms with Crippen LogP contribution >= 0.6 is 0 Å². The standard InChI is InChI=1S/C19H22N4O2/c24-19-15(8-13-4-1-2-6-17(13)23-19)10-20-9-14-5-3-7-25-18(14)16-11-21-22-12-16/h1-2,4,6,8,11-12,14,18,20H,3,5,7,9-10H2,(H,21,22)(H,23,24)/t14-,18+/m0/s1. The topological polar surface area (TPSA) is 82.8 Å². The lowest BCUT2D eigenvalue weighted by molar-refractivity contribution is -0.0278. The van der Waals surface area contributed by atoms with Crippen LogP contribution in [0.25, 0.3) is 10.9 Å². The molecule has 0 unspecified atom stereocenters. The van der Waals surface area contributed by atoms with E-state index < -0.39 is 0 Å². The minimum Gasteiger partial charge on any atom is -0.373 e. The number of nitrogens with one attached hydrogen (secondary N) is 3. The quantitative estimate of drug-likeness (QED) is 0.667. The molecule has 6 heteroatoms. The third-order valence-electron chi connectivity index (χ3n) is 4.85. The van der Waals surface area contributed by atoms with Gasteiger partial charge in [0.1, 0.15) is 0 Å². The number of H-pyrrole nitrogens is 2. The summed E-state index contributed by atoms with van der Waals surface area (Å²) < 4.78 is 5.95. The van der Waals surface area contributed by atoms with E-state index in [1.807, 2.05) is 42.7 Å². The van der Waals surface area contributed by atoms with Gasteiger partial charge in [0, 0.05) is 48.5 Å². The fourth-order valence-electron chi connectivity index (χ4n) is 3.55. The highest BCUT2D eigenvalue weighted by atomic mass is 16.5. The Balaban J connectivity index is 1.43. The number of nitrogens with zero attached hydrogens (tertiary/aromatic N) is 1. The first-order chi connectivity index (χ1) is 12.3. The first-order valence-corrected chi connectivity index (χ1v) is 8.73. The number of pyridine rings is 1. The number of rotatable bonds is 5. The van der Waals surface area contributed by atoms with Crippen molar-refractivity contribution in [3.05, 3.63) is 64.2 Å². The van der Waals surface area contributed by atoms with Gasteiger partial charge in [0.2, 0.25) is 0 Å². The fourth-order valence-corrected chi connectivity index (χ4v) is 3.55. The van der Waals surface area contributed by atoms with Crippen molar-refractivity contribution in [2.75, 3.05) is 13.2 Å². The second-order valence-electron chi connectivity index (χ2n) is 6.57. The molecule has 0 saturated carbocycles. The normalized spacial score (nSPS) is 20.8. The van der Waals surface area contributed by atoms with E-state index in [1.165, 1.54) is 0 Å². The number of aromatic amines is 2. The van der Waals surface area contributed by atoms with Crippen LogP contribution in [-0.2, 0) is 11.3 Å². The summed E-state index contributed by atoms with van der Waals surface area (Å²) in [6.45, 7) is 2.15. The summed E-state index contributed by atoms with van der Waals surface area (Å²) in [5, 5.41) is 11.4. The Labute approximate surface area is 145 Å². The molecule has 1 aromatic carbocycles. The molecule has 3 heterocycles. The van der Waals surface area contributed by atoms with Crippen LogP contribution < -0.4 is 10.9 Å². The lowest BCUT2D eigenvalue weighted by Gasteiger charge is -2.31. The zero-order chi connectivity index (χ0) is 17.1. The third-order valence-corrected chi connectivity index (χ3v) is 4.85. The number of hydrogen-bond acceptors (Lipinski definition) is 4. The monoisotopic (exact) mass is 338 g/mol. The van der Waals surface area contributed by atoms with Gasteiger partial charge in [-0.3, -0.25) is 9.89 Å². The summed E-state index contributed by atoms with van der Waals surface area (Å²) in [7, 11) is 0. The summed E-state index contributed by atoms with van der Waals surface area (Å²) in [6.07, 6.45) is 5.97. The fraction of sp³-hybridized carbons (Fsp3) is 0.368. The van der Waals surface area contributed by atoms with E-state index in [0.717, 1.165) is 48.0 Å². The predicted molar refractivity (Wildman–Crippen MR) is 96.3 cm³/mol. The van der Waals surface area contributed by atoms with Gasteiger partial charge in [-0.25, -0.2) is 0 Å². The molecule has 3 N–H and O–H groups in total. The van der Waals surface area contributed by atoms with E-state index in [-0.39, 0.29) is 11.7 Å². The Kier molecular flexibility index (Phi) is 4.63. The van der Waals surface area contributed by atoms with Gasteiger partial charge in [-0.15, -0.1) is 0 Å². The molecule has 3 aromatic rings. The van der Waals surface area contributed by atoms with Crippen molar-refractivity contribution in [3.8, 4) is 0 Å².